The highest BCUT2D eigenvalue weighted by molar-refractivity contribution is 7.91. The summed E-state index contributed by atoms with van der Waals surface area (Å²) in [6.07, 6.45) is 1.84. The van der Waals surface area contributed by atoms with Crippen LogP contribution in [0.15, 0.2) is 81.5 Å². The molecule has 0 aromatic heterocycles. The van der Waals surface area contributed by atoms with E-state index in [4.69, 9.17) is 16.6 Å². The average Bonchev–Trinajstić information content (AvgIpc) is 2.87. The van der Waals surface area contributed by atoms with Crippen LogP contribution in [0.4, 0.5) is 5.69 Å². The van der Waals surface area contributed by atoms with Crippen LogP contribution in [0, 0.1) is 0 Å². The third kappa shape index (κ3) is 4.13. The minimum absolute atomic E-state index is 0.0778. The van der Waals surface area contributed by atoms with Gasteiger partial charge in [0.25, 0.3) is 5.91 Å². The van der Waals surface area contributed by atoms with E-state index < -0.39 is 9.84 Å². The summed E-state index contributed by atoms with van der Waals surface area (Å²) in [6.45, 7) is 2.61. The van der Waals surface area contributed by atoms with Gasteiger partial charge in [0.1, 0.15) is 0 Å². The molecular weight excluding hydrogens is 432 g/mol. The predicted molar refractivity (Wildman–Crippen MR) is 122 cm³/mol. The van der Waals surface area contributed by atoms with Gasteiger partial charge in [-0.3, -0.25) is 4.79 Å². The van der Waals surface area contributed by atoms with Gasteiger partial charge in [0.15, 0.2) is 0 Å². The van der Waals surface area contributed by atoms with Crippen LogP contribution in [0.1, 0.15) is 41.3 Å². The number of carbonyl (C=O) groups excluding carboxylic acids is 1. The summed E-state index contributed by atoms with van der Waals surface area (Å²) in [7, 11) is -3.82. The fraction of sp³-hybridized carbons (Fsp3) is 0.167. The molecule has 7 heteroatoms. The molecule has 1 aliphatic heterocycles. The molecule has 0 fully saturated rings. The topological polar surface area (TPSA) is 75.6 Å². The van der Waals surface area contributed by atoms with Crippen molar-refractivity contribution >= 4 is 38.7 Å². The van der Waals surface area contributed by atoms with E-state index in [9.17, 15) is 13.2 Å². The second kappa shape index (κ2) is 8.65. The van der Waals surface area contributed by atoms with Crippen molar-refractivity contribution in [2.75, 3.05) is 6.54 Å². The van der Waals surface area contributed by atoms with Crippen LogP contribution >= 0.6 is 11.6 Å². The van der Waals surface area contributed by atoms with Gasteiger partial charge in [0.05, 0.1) is 21.2 Å². The van der Waals surface area contributed by atoms with E-state index in [1.54, 1.807) is 48.5 Å². The Morgan fingerprint density at radius 2 is 1.74 bits per heavy atom. The van der Waals surface area contributed by atoms with Crippen molar-refractivity contribution in [2.24, 2.45) is 4.99 Å². The Kier molecular flexibility index (Phi) is 5.94. The minimum atomic E-state index is -3.82. The van der Waals surface area contributed by atoms with E-state index in [0.29, 0.717) is 28.4 Å². The van der Waals surface area contributed by atoms with Crippen molar-refractivity contribution in [3.05, 3.63) is 88.4 Å². The Bertz CT molecular complexity index is 1280. The van der Waals surface area contributed by atoms with E-state index in [1.165, 1.54) is 18.2 Å². The van der Waals surface area contributed by atoms with E-state index in [-0.39, 0.29) is 21.4 Å². The van der Waals surface area contributed by atoms with Gasteiger partial charge < -0.3 is 5.32 Å². The molecule has 5 nitrogen and oxygen atoms in total. The summed E-state index contributed by atoms with van der Waals surface area (Å²) in [6, 6.07) is 18.4. The number of rotatable bonds is 5. The Balaban J connectivity index is 1.90. The molecule has 0 spiro atoms. The lowest BCUT2D eigenvalue weighted by Crippen LogP contribution is -2.24. The van der Waals surface area contributed by atoms with Gasteiger partial charge in [-0.1, -0.05) is 55.3 Å². The van der Waals surface area contributed by atoms with Crippen molar-refractivity contribution < 1.29 is 13.2 Å². The molecule has 0 aliphatic carbocycles. The molecule has 0 atom stereocenters. The number of carbonyl (C=O) groups is 1. The van der Waals surface area contributed by atoms with Crippen molar-refractivity contribution in [1.82, 2.24) is 5.32 Å². The highest BCUT2D eigenvalue weighted by atomic mass is 35.5. The molecule has 1 N–H and O–H groups in total. The van der Waals surface area contributed by atoms with Gasteiger partial charge in [-0.2, -0.15) is 0 Å². The number of unbranched alkanes of at least 4 members (excludes halogenated alkanes) is 1. The molecule has 1 amide bonds. The molecule has 3 aromatic carbocycles. The van der Waals surface area contributed by atoms with Crippen molar-refractivity contribution in [3.63, 3.8) is 0 Å². The maximum absolute atomic E-state index is 13.4. The number of amides is 1. The molecule has 0 saturated carbocycles. The number of hydrogen-bond acceptors (Lipinski definition) is 4. The number of aliphatic imine (C=N–C) groups is 1. The van der Waals surface area contributed by atoms with Gasteiger partial charge in [-0.25, -0.2) is 13.4 Å². The highest BCUT2D eigenvalue weighted by Gasteiger charge is 2.30. The van der Waals surface area contributed by atoms with E-state index in [2.05, 4.69) is 5.32 Å². The van der Waals surface area contributed by atoms with Gasteiger partial charge in [0.2, 0.25) is 9.84 Å². The zero-order valence-corrected chi connectivity index (χ0v) is 18.5. The first-order valence-electron chi connectivity index (χ1n) is 10.0. The number of nitrogens with zero attached hydrogens (tertiary/aromatic N) is 1. The second-order valence-electron chi connectivity index (χ2n) is 7.26. The molecule has 0 radical (unpaired) electrons. The molecule has 4 rings (SSSR count). The first-order chi connectivity index (χ1) is 14.9. The standard InChI is InChI=1S/C24H21ClN2O3S/c1-2-3-14-26-24(28)17-10-13-22-20(15-17)27-23(16-8-11-18(25)12-9-16)19-6-4-5-7-21(19)31(22,29)30/h4-13,15H,2-3,14H2,1H3,(H,26,28). The van der Waals surface area contributed by atoms with Crippen LogP contribution in [-0.2, 0) is 9.84 Å². The summed E-state index contributed by atoms with van der Waals surface area (Å²) < 4.78 is 26.9. The Morgan fingerprint density at radius 1 is 1.00 bits per heavy atom. The predicted octanol–water partition coefficient (Wildman–Crippen LogP) is 5.19. The number of benzene rings is 3. The van der Waals surface area contributed by atoms with Crippen LogP contribution in [0.3, 0.4) is 0 Å². The van der Waals surface area contributed by atoms with E-state index in [0.717, 1.165) is 18.4 Å². The molecular formula is C24H21ClN2O3S. The normalized spacial score (nSPS) is 14.1. The molecule has 1 heterocycles. The van der Waals surface area contributed by atoms with Gasteiger partial charge in [0, 0.05) is 28.3 Å². The number of hydrogen-bond donors (Lipinski definition) is 1. The van der Waals surface area contributed by atoms with Crippen molar-refractivity contribution in [3.8, 4) is 0 Å². The Morgan fingerprint density at radius 3 is 2.48 bits per heavy atom. The summed E-state index contributed by atoms with van der Waals surface area (Å²) >= 11 is 6.04. The summed E-state index contributed by atoms with van der Waals surface area (Å²) in [5, 5.41) is 3.43. The van der Waals surface area contributed by atoms with E-state index in [1.807, 2.05) is 6.92 Å². The fourth-order valence-corrected chi connectivity index (χ4v) is 5.18. The number of fused-ring (bicyclic) bond motifs is 2. The van der Waals surface area contributed by atoms with Crippen molar-refractivity contribution in [1.29, 1.82) is 0 Å². The summed E-state index contributed by atoms with van der Waals surface area (Å²) in [5.41, 5.74) is 2.37. The summed E-state index contributed by atoms with van der Waals surface area (Å²) in [4.78, 5) is 17.5. The first kappa shape index (κ1) is 21.3. The lowest BCUT2D eigenvalue weighted by Gasteiger charge is -2.10. The third-order valence-corrected chi connectivity index (χ3v) is 7.22. The molecule has 0 unspecified atom stereocenters. The fourth-order valence-electron chi connectivity index (χ4n) is 3.48. The molecule has 158 valence electrons. The quantitative estimate of drug-likeness (QED) is 0.423. The lowest BCUT2D eigenvalue weighted by molar-refractivity contribution is 0.0953. The Labute approximate surface area is 186 Å². The molecule has 31 heavy (non-hydrogen) atoms. The molecule has 1 aliphatic rings. The summed E-state index contributed by atoms with van der Waals surface area (Å²) in [5.74, 6) is -0.251. The Hall–Kier alpha value is -2.96. The molecule has 0 bridgehead atoms. The zero-order chi connectivity index (χ0) is 22.0. The third-order valence-electron chi connectivity index (χ3n) is 5.11. The number of sulfone groups is 1. The monoisotopic (exact) mass is 452 g/mol. The lowest BCUT2D eigenvalue weighted by atomic mass is 10.0. The SMILES string of the molecule is CCCCNC(=O)c1ccc2c(c1)N=C(c1ccc(Cl)cc1)c1ccccc1S2(=O)=O. The largest absolute Gasteiger partial charge is 0.352 e. The highest BCUT2D eigenvalue weighted by Crippen LogP contribution is 2.37. The maximum Gasteiger partial charge on any atom is 0.251 e. The number of nitrogens with one attached hydrogen (secondary N) is 1. The molecule has 0 saturated heterocycles. The van der Waals surface area contributed by atoms with Crippen LogP contribution < -0.4 is 5.32 Å². The number of halogens is 1. The van der Waals surface area contributed by atoms with Crippen molar-refractivity contribution in [2.45, 2.75) is 29.6 Å². The van der Waals surface area contributed by atoms with Crippen LogP contribution in [-0.4, -0.2) is 26.6 Å². The molecule has 3 aromatic rings. The van der Waals surface area contributed by atoms with E-state index >= 15 is 0 Å². The van der Waals surface area contributed by atoms with Crippen LogP contribution in [0.25, 0.3) is 0 Å². The maximum atomic E-state index is 13.4. The van der Waals surface area contributed by atoms with Gasteiger partial charge in [-0.05, 0) is 42.8 Å². The smallest absolute Gasteiger partial charge is 0.251 e. The zero-order valence-electron chi connectivity index (χ0n) is 16.9. The van der Waals surface area contributed by atoms with Gasteiger partial charge in [-0.15, -0.1) is 0 Å². The minimum Gasteiger partial charge on any atom is -0.352 e. The van der Waals surface area contributed by atoms with Gasteiger partial charge >= 0.3 is 0 Å². The van der Waals surface area contributed by atoms with Crippen LogP contribution in [0.5, 0.6) is 0 Å². The average molecular weight is 453 g/mol. The van der Waals surface area contributed by atoms with Crippen LogP contribution in [0.2, 0.25) is 5.02 Å². The first-order valence-corrected chi connectivity index (χ1v) is 11.9. The second-order valence-corrected chi connectivity index (χ2v) is 9.58.